The van der Waals surface area contributed by atoms with Crippen molar-refractivity contribution in [1.82, 2.24) is 15.2 Å². The molecule has 45 heavy (non-hydrogen) atoms. The highest BCUT2D eigenvalue weighted by Gasteiger charge is 2.69. The molecule has 1 aromatic heterocycles. The molecule has 1 aliphatic heterocycles. The van der Waals surface area contributed by atoms with Gasteiger partial charge in [0.25, 0.3) is 11.6 Å². The Balaban J connectivity index is 1.63. The second-order valence-corrected chi connectivity index (χ2v) is 12.2. The number of aromatic nitrogens is 1. The maximum atomic E-state index is 14.2. The van der Waals surface area contributed by atoms with Gasteiger partial charge in [0.15, 0.2) is 5.78 Å². The van der Waals surface area contributed by atoms with E-state index in [9.17, 15) is 29.1 Å². The highest BCUT2D eigenvalue weighted by Crippen LogP contribution is 2.39. The molecule has 0 unspecified atom stereocenters. The highest BCUT2D eigenvalue weighted by atomic mass is 16.6. The van der Waals surface area contributed by atoms with E-state index in [1.807, 2.05) is 42.5 Å². The predicted molar refractivity (Wildman–Crippen MR) is 165 cm³/mol. The number of fused-ring (bicyclic) bond motifs is 1. The van der Waals surface area contributed by atoms with Gasteiger partial charge in [-0.05, 0) is 57.7 Å². The largest absolute Gasteiger partial charge is 0.456 e. The number of rotatable bonds is 11. The van der Waals surface area contributed by atoms with E-state index in [4.69, 9.17) is 16.2 Å². The Bertz CT molecular complexity index is 1610. The van der Waals surface area contributed by atoms with Crippen molar-refractivity contribution in [3.05, 3.63) is 78.0 Å². The number of pyridine rings is 1. The van der Waals surface area contributed by atoms with Crippen LogP contribution in [0.25, 0.3) is 10.9 Å². The Labute approximate surface area is 261 Å². The zero-order valence-corrected chi connectivity index (χ0v) is 25.6. The maximum absolute atomic E-state index is 14.2. The minimum absolute atomic E-state index is 0.0499. The summed E-state index contributed by atoms with van der Waals surface area (Å²) in [6, 6.07) is 18.0. The molecule has 2 heterocycles. The second-order valence-electron chi connectivity index (χ2n) is 12.2. The number of aliphatic hydroxyl groups is 1. The number of Topliss-reactive ketones (excluding diaryl/α,β-unsaturated/α-hetero) is 1. The van der Waals surface area contributed by atoms with Crippen molar-refractivity contribution in [2.24, 2.45) is 11.5 Å². The van der Waals surface area contributed by atoms with Crippen LogP contribution in [0.4, 0.5) is 0 Å². The SMILES string of the molecule is CC(C)(C)OC(=O)[C@]1(O)N(C(=O)CCCc2ccccc2)CC[C@@]1(N)C(=O)[C@H](CC(N)=O)NC(=O)c1ccc2ccccc2n1. The van der Waals surface area contributed by atoms with Crippen molar-refractivity contribution in [2.45, 2.75) is 75.8 Å². The van der Waals surface area contributed by atoms with Gasteiger partial charge in [0.2, 0.25) is 11.8 Å². The van der Waals surface area contributed by atoms with Crippen molar-refractivity contribution >= 4 is 40.4 Å². The number of nitrogens with zero attached hydrogens (tertiary/aromatic N) is 2. The molecule has 3 aromatic rings. The Morgan fingerprint density at radius 2 is 1.69 bits per heavy atom. The summed E-state index contributed by atoms with van der Waals surface area (Å²) in [5.41, 5.74) is 6.98. The molecule has 6 N–H and O–H groups in total. The number of para-hydroxylation sites is 1. The van der Waals surface area contributed by atoms with Crippen LogP contribution in [0.15, 0.2) is 66.7 Å². The number of nitrogens with two attached hydrogens (primary N) is 2. The molecule has 12 heteroatoms. The van der Waals surface area contributed by atoms with Crippen molar-refractivity contribution < 1.29 is 33.8 Å². The van der Waals surface area contributed by atoms with E-state index >= 15 is 0 Å². The summed E-state index contributed by atoms with van der Waals surface area (Å²) >= 11 is 0. The van der Waals surface area contributed by atoms with E-state index in [2.05, 4.69) is 10.3 Å². The fourth-order valence-corrected chi connectivity index (χ4v) is 5.48. The summed E-state index contributed by atoms with van der Waals surface area (Å²) in [5, 5.41) is 15.3. The van der Waals surface area contributed by atoms with E-state index in [1.54, 1.807) is 39.0 Å². The molecule has 0 radical (unpaired) electrons. The summed E-state index contributed by atoms with van der Waals surface area (Å²) in [7, 11) is 0. The molecule has 4 rings (SSSR count). The summed E-state index contributed by atoms with van der Waals surface area (Å²) in [6.45, 7) is 4.41. The minimum atomic E-state index is -2.94. The maximum Gasteiger partial charge on any atom is 0.362 e. The van der Waals surface area contributed by atoms with Gasteiger partial charge in [0.05, 0.1) is 18.0 Å². The minimum Gasteiger partial charge on any atom is -0.456 e. The van der Waals surface area contributed by atoms with Gasteiger partial charge in [-0.1, -0.05) is 54.6 Å². The van der Waals surface area contributed by atoms with E-state index in [0.29, 0.717) is 18.4 Å². The molecule has 1 fully saturated rings. The number of benzene rings is 2. The summed E-state index contributed by atoms with van der Waals surface area (Å²) in [6.07, 6.45) is -0.140. The number of nitrogens with one attached hydrogen (secondary N) is 1. The quantitative estimate of drug-likeness (QED) is 0.232. The first-order chi connectivity index (χ1) is 21.2. The summed E-state index contributed by atoms with van der Waals surface area (Å²) in [5.74, 6) is -4.74. The van der Waals surface area contributed by atoms with E-state index in [1.165, 1.54) is 6.07 Å². The number of aryl methyl sites for hydroxylation is 1. The molecular formula is C33H39N5O7. The molecule has 3 atom stereocenters. The van der Waals surface area contributed by atoms with Crippen LogP contribution >= 0.6 is 0 Å². The van der Waals surface area contributed by atoms with Crippen LogP contribution in [-0.4, -0.2) is 73.9 Å². The molecule has 0 saturated carbocycles. The van der Waals surface area contributed by atoms with Crippen LogP contribution in [-0.2, 0) is 30.3 Å². The van der Waals surface area contributed by atoms with Gasteiger partial charge in [0, 0.05) is 18.4 Å². The van der Waals surface area contributed by atoms with Crippen molar-refractivity contribution in [1.29, 1.82) is 0 Å². The Morgan fingerprint density at radius 3 is 2.36 bits per heavy atom. The summed E-state index contributed by atoms with van der Waals surface area (Å²) in [4.78, 5) is 71.8. The number of carbonyl (C=O) groups excluding carboxylic acids is 5. The van der Waals surface area contributed by atoms with Crippen LogP contribution in [0, 0.1) is 0 Å². The van der Waals surface area contributed by atoms with Gasteiger partial charge in [-0.2, -0.15) is 0 Å². The molecule has 12 nitrogen and oxygen atoms in total. The predicted octanol–water partition coefficient (Wildman–Crippen LogP) is 1.76. The number of likely N-dealkylation sites (tertiary alicyclic amines) is 1. The Hall–Kier alpha value is -4.68. The first-order valence-corrected chi connectivity index (χ1v) is 14.7. The average Bonchev–Trinajstić information content (AvgIpc) is 3.27. The molecule has 0 aliphatic carbocycles. The van der Waals surface area contributed by atoms with Crippen LogP contribution < -0.4 is 16.8 Å². The number of amides is 3. The van der Waals surface area contributed by atoms with Gasteiger partial charge in [0.1, 0.15) is 16.8 Å². The number of hydrogen-bond donors (Lipinski definition) is 4. The lowest BCUT2D eigenvalue weighted by molar-refractivity contribution is -0.207. The lowest BCUT2D eigenvalue weighted by Crippen LogP contribution is -2.74. The molecule has 0 bridgehead atoms. The van der Waals surface area contributed by atoms with E-state index < -0.39 is 58.8 Å². The third-order valence-electron chi connectivity index (χ3n) is 7.72. The van der Waals surface area contributed by atoms with Crippen LogP contribution in [0.3, 0.4) is 0 Å². The number of ether oxygens (including phenoxy) is 1. The standard InChI is InChI=1S/C33H39N5O7/c1-31(2,3)45-30(43)33(44)32(35,18-19-38(33)27(40)15-9-12-21-10-5-4-6-11-21)28(41)25(20-26(34)39)37-29(42)24-17-16-22-13-7-8-14-23(22)36-24/h4-8,10-11,13-14,16-17,25,44H,9,12,15,18-20,35H2,1-3H3,(H2,34,39)(H,37,42)/t25-,32+,33+/m0/s1. The smallest absolute Gasteiger partial charge is 0.362 e. The molecule has 0 spiro atoms. The van der Waals surface area contributed by atoms with Gasteiger partial charge in [-0.25, -0.2) is 9.78 Å². The van der Waals surface area contributed by atoms with Gasteiger partial charge < -0.3 is 31.5 Å². The first-order valence-electron chi connectivity index (χ1n) is 14.7. The van der Waals surface area contributed by atoms with E-state index in [0.717, 1.165) is 15.8 Å². The number of carbonyl (C=O) groups is 5. The number of esters is 1. The zero-order chi connectivity index (χ0) is 33.0. The Morgan fingerprint density at radius 1 is 1.02 bits per heavy atom. The number of ketones is 1. The number of hydrogen-bond acceptors (Lipinski definition) is 9. The second kappa shape index (κ2) is 13.1. The fourth-order valence-electron chi connectivity index (χ4n) is 5.48. The molecule has 1 aliphatic rings. The van der Waals surface area contributed by atoms with Crippen LogP contribution in [0.5, 0.6) is 0 Å². The third kappa shape index (κ3) is 7.18. The zero-order valence-electron chi connectivity index (χ0n) is 25.6. The van der Waals surface area contributed by atoms with Gasteiger partial charge in [-0.3, -0.25) is 19.2 Å². The normalized spacial score (nSPS) is 20.4. The molecule has 238 valence electrons. The average molecular weight is 618 g/mol. The van der Waals surface area contributed by atoms with Crippen molar-refractivity contribution in [3.63, 3.8) is 0 Å². The fraction of sp³-hybridized carbons (Fsp3) is 0.394. The highest BCUT2D eigenvalue weighted by molar-refractivity contribution is 6.06. The van der Waals surface area contributed by atoms with Gasteiger partial charge in [-0.15, -0.1) is 0 Å². The van der Waals surface area contributed by atoms with Gasteiger partial charge >= 0.3 is 5.97 Å². The molecular weight excluding hydrogens is 578 g/mol. The molecule has 1 saturated heterocycles. The van der Waals surface area contributed by atoms with Crippen molar-refractivity contribution in [2.75, 3.05) is 6.54 Å². The Kier molecular flexibility index (Phi) is 9.69. The van der Waals surface area contributed by atoms with Crippen LogP contribution in [0.2, 0.25) is 0 Å². The lowest BCUT2D eigenvalue weighted by Gasteiger charge is -2.42. The van der Waals surface area contributed by atoms with Crippen LogP contribution in [0.1, 0.15) is 62.5 Å². The topological polar surface area (TPSA) is 195 Å². The monoisotopic (exact) mass is 617 g/mol. The molecule has 3 amide bonds. The third-order valence-corrected chi connectivity index (χ3v) is 7.72. The molecule has 2 aromatic carbocycles. The van der Waals surface area contributed by atoms with E-state index in [-0.39, 0.29) is 25.1 Å². The lowest BCUT2D eigenvalue weighted by atomic mass is 9.79. The number of primary amides is 1. The summed E-state index contributed by atoms with van der Waals surface area (Å²) < 4.78 is 5.47. The van der Waals surface area contributed by atoms with Crippen molar-refractivity contribution in [3.8, 4) is 0 Å². The first kappa shape index (κ1) is 33.2.